The molecule has 0 saturated heterocycles. The smallest absolute Gasteiger partial charge is 0.352 e. The third-order valence-corrected chi connectivity index (χ3v) is 6.27. The molecule has 9 nitrogen and oxygen atoms in total. The van der Waals surface area contributed by atoms with E-state index < -0.39 is 6.10 Å². The second-order valence-electron chi connectivity index (χ2n) is 8.31. The number of ether oxygens (including phenoxy) is 1. The molecule has 1 aromatic carbocycles. The number of anilines is 2. The zero-order valence-corrected chi connectivity index (χ0v) is 19.2. The van der Waals surface area contributed by atoms with Gasteiger partial charge in [0, 0.05) is 29.2 Å². The molecule has 0 spiro atoms. The Morgan fingerprint density at radius 3 is 2.36 bits per heavy atom. The third kappa shape index (κ3) is 6.40. The number of nitrogens with zero attached hydrogens (tertiary/aromatic N) is 3. The van der Waals surface area contributed by atoms with Crippen LogP contribution in [0, 0.1) is 0 Å². The van der Waals surface area contributed by atoms with Gasteiger partial charge in [0.05, 0.1) is 12.3 Å². The van der Waals surface area contributed by atoms with Crippen LogP contribution in [-0.2, 0) is 0 Å². The maximum absolute atomic E-state index is 8.86. The molecule has 0 aliphatic heterocycles. The van der Waals surface area contributed by atoms with Gasteiger partial charge in [0.25, 0.3) is 0 Å². The van der Waals surface area contributed by atoms with E-state index in [0.29, 0.717) is 22.7 Å². The first-order valence-corrected chi connectivity index (χ1v) is 11.5. The minimum Gasteiger partial charge on any atom is -0.488 e. The summed E-state index contributed by atoms with van der Waals surface area (Å²) in [6.07, 6.45) is 6.38. The lowest BCUT2D eigenvalue weighted by molar-refractivity contribution is -0.317. The maximum Gasteiger partial charge on any atom is 0.352 e. The second-order valence-corrected chi connectivity index (χ2v) is 9.18. The average Bonchev–Trinajstić information content (AvgIpc) is 2.76. The van der Waals surface area contributed by atoms with Crippen LogP contribution in [0.4, 0.5) is 11.6 Å². The molecule has 1 aliphatic carbocycles. The minimum atomic E-state index is -2.93. The molecule has 2 heterocycles. The molecular formula is C23H27N5O4S. The van der Waals surface area contributed by atoms with Gasteiger partial charge in [-0.3, -0.25) is 4.98 Å². The zero-order chi connectivity index (χ0) is 23.4. The highest BCUT2D eigenvalue weighted by molar-refractivity contribution is 7.97. The lowest BCUT2D eigenvalue weighted by Crippen LogP contribution is -2.40. The molecule has 174 valence electrons. The van der Waals surface area contributed by atoms with Gasteiger partial charge in [0.2, 0.25) is 5.95 Å². The normalized spacial score (nSPS) is 18.1. The fourth-order valence-corrected chi connectivity index (χ4v) is 4.08. The number of hydrogen-bond donors (Lipinski definition) is 5. The van der Waals surface area contributed by atoms with Crippen LogP contribution in [0.25, 0.3) is 0 Å². The molecule has 1 saturated carbocycles. The Hall–Kier alpha value is -2.76. The van der Waals surface area contributed by atoms with Crippen molar-refractivity contribution >= 4 is 23.6 Å². The second kappa shape index (κ2) is 10.0. The Balaban J connectivity index is 1.27. The topological polar surface area (TPSA) is 133 Å². The Labute approximate surface area is 196 Å². The van der Waals surface area contributed by atoms with Gasteiger partial charge in [-0.25, -0.2) is 9.97 Å². The van der Waals surface area contributed by atoms with Crippen molar-refractivity contribution in [2.24, 2.45) is 0 Å². The highest BCUT2D eigenvalue weighted by Crippen LogP contribution is 2.40. The van der Waals surface area contributed by atoms with Crippen molar-refractivity contribution in [3.8, 4) is 5.75 Å². The molecular weight excluding hydrogens is 442 g/mol. The van der Waals surface area contributed by atoms with Crippen LogP contribution in [0.2, 0.25) is 0 Å². The molecule has 0 amide bonds. The summed E-state index contributed by atoms with van der Waals surface area (Å²) in [7, 11) is 0. The van der Waals surface area contributed by atoms with E-state index in [9.17, 15) is 0 Å². The molecule has 3 aromatic rings. The van der Waals surface area contributed by atoms with Gasteiger partial charge < -0.3 is 25.4 Å². The van der Waals surface area contributed by atoms with Crippen molar-refractivity contribution in [2.75, 3.05) is 5.32 Å². The number of nitrogens with one attached hydrogen (secondary N) is 2. The summed E-state index contributed by atoms with van der Waals surface area (Å²) in [6.45, 7) is 4.30. The number of pyridine rings is 1. The Morgan fingerprint density at radius 2 is 1.73 bits per heavy atom. The maximum atomic E-state index is 8.86. The number of aromatic nitrogens is 3. The van der Waals surface area contributed by atoms with E-state index in [1.54, 1.807) is 36.7 Å². The van der Waals surface area contributed by atoms with Crippen LogP contribution in [0.15, 0.2) is 60.0 Å². The molecule has 4 rings (SSSR count). The van der Waals surface area contributed by atoms with Crippen LogP contribution in [0.5, 0.6) is 5.75 Å². The molecule has 10 heteroatoms. The fourth-order valence-electron chi connectivity index (χ4n) is 3.56. The van der Waals surface area contributed by atoms with Crippen LogP contribution < -0.4 is 14.8 Å². The zero-order valence-electron chi connectivity index (χ0n) is 18.3. The Morgan fingerprint density at radius 1 is 1.03 bits per heavy atom. The Kier molecular flexibility index (Phi) is 7.11. The van der Waals surface area contributed by atoms with Gasteiger partial charge in [-0.05, 0) is 78.1 Å². The highest BCUT2D eigenvalue weighted by Gasteiger charge is 2.33. The van der Waals surface area contributed by atoms with Gasteiger partial charge >= 0.3 is 6.10 Å². The summed E-state index contributed by atoms with van der Waals surface area (Å²) >= 11 is 0.886. The number of hydrogen-bond acceptors (Lipinski definition) is 10. The van der Waals surface area contributed by atoms with Crippen molar-refractivity contribution in [3.63, 3.8) is 0 Å². The van der Waals surface area contributed by atoms with E-state index in [4.69, 9.17) is 20.1 Å². The van der Waals surface area contributed by atoms with E-state index >= 15 is 0 Å². The van der Waals surface area contributed by atoms with Gasteiger partial charge in [-0.1, -0.05) is 13.8 Å². The summed E-state index contributed by atoms with van der Waals surface area (Å²) < 4.78 is 8.26. The molecule has 2 aromatic heterocycles. The van der Waals surface area contributed by atoms with Crippen molar-refractivity contribution < 1.29 is 20.1 Å². The quantitative estimate of drug-likeness (QED) is 0.235. The monoisotopic (exact) mass is 469 g/mol. The number of aliphatic hydroxyl groups is 3. The lowest BCUT2D eigenvalue weighted by atomic mass is 9.78. The van der Waals surface area contributed by atoms with Gasteiger partial charge in [0.1, 0.15) is 5.75 Å². The lowest BCUT2D eigenvalue weighted by Gasteiger charge is -2.35. The first-order chi connectivity index (χ1) is 15.8. The number of rotatable bonds is 9. The fraction of sp³-hybridized carbons (Fsp3) is 0.348. The van der Waals surface area contributed by atoms with E-state index in [2.05, 4.69) is 38.8 Å². The average molecular weight is 470 g/mol. The van der Waals surface area contributed by atoms with Crippen LogP contribution in [-0.4, -0.2) is 42.5 Å². The number of benzene rings is 1. The predicted molar refractivity (Wildman–Crippen MR) is 125 cm³/mol. The Bertz CT molecular complexity index is 1050. The molecule has 5 N–H and O–H groups in total. The molecule has 1 fully saturated rings. The molecule has 0 radical (unpaired) electrons. The predicted octanol–water partition coefficient (Wildman–Crippen LogP) is 3.25. The summed E-state index contributed by atoms with van der Waals surface area (Å²) in [4.78, 5) is 13.7. The van der Waals surface area contributed by atoms with E-state index in [1.165, 1.54) is 5.56 Å². The first kappa shape index (κ1) is 23.4. The van der Waals surface area contributed by atoms with Gasteiger partial charge in [-0.2, -0.15) is 4.72 Å². The molecule has 0 unspecified atom stereocenters. The summed E-state index contributed by atoms with van der Waals surface area (Å²) in [5.74, 6) is 2.13. The highest BCUT2D eigenvalue weighted by atomic mass is 32.2. The van der Waals surface area contributed by atoms with Crippen LogP contribution in [0.1, 0.15) is 49.7 Å². The van der Waals surface area contributed by atoms with Gasteiger partial charge in [-0.15, -0.1) is 0 Å². The van der Waals surface area contributed by atoms with Crippen LogP contribution >= 0.6 is 11.9 Å². The third-order valence-electron chi connectivity index (χ3n) is 5.39. The SMILES string of the molecule is CC(C)c1ccncc1OC1CC(c2cnc(Nc3ccc(SNC(O)(O)O)cc3)nc2)C1. The van der Waals surface area contributed by atoms with Gasteiger partial charge in [0.15, 0.2) is 0 Å². The van der Waals surface area contributed by atoms with Crippen molar-refractivity contribution in [2.45, 2.75) is 55.6 Å². The summed E-state index contributed by atoms with van der Waals surface area (Å²) in [5.41, 5.74) is 3.05. The largest absolute Gasteiger partial charge is 0.488 e. The van der Waals surface area contributed by atoms with E-state index in [0.717, 1.165) is 41.8 Å². The summed E-state index contributed by atoms with van der Waals surface area (Å²) in [6, 6.07) is 9.12. The summed E-state index contributed by atoms with van der Waals surface area (Å²) in [5, 5.41) is 29.7. The molecule has 0 bridgehead atoms. The molecule has 33 heavy (non-hydrogen) atoms. The molecule has 1 aliphatic rings. The standard InChI is InChI=1S/C23H27N5O4S/c1-14(2)20-7-8-24-13-21(20)32-18-9-15(10-18)16-11-25-22(26-12-16)27-17-3-5-19(6-4-17)33-28-23(29,30)31/h3-8,11-15,18,28-31H,9-10H2,1-2H3,(H,25,26,27). The van der Waals surface area contributed by atoms with Crippen molar-refractivity contribution in [3.05, 3.63) is 66.2 Å². The van der Waals surface area contributed by atoms with Crippen molar-refractivity contribution in [1.82, 2.24) is 19.7 Å². The van der Waals surface area contributed by atoms with E-state index in [1.807, 2.05) is 18.5 Å². The van der Waals surface area contributed by atoms with E-state index in [-0.39, 0.29) is 6.10 Å². The molecule has 0 atom stereocenters. The van der Waals surface area contributed by atoms with Crippen molar-refractivity contribution in [1.29, 1.82) is 0 Å². The first-order valence-electron chi connectivity index (χ1n) is 10.7. The minimum absolute atomic E-state index is 0.174. The van der Waals surface area contributed by atoms with Crippen LogP contribution in [0.3, 0.4) is 0 Å².